The molecule has 0 radical (unpaired) electrons. The van der Waals surface area contributed by atoms with Crippen LogP contribution in [0, 0.1) is 31.0 Å². The number of hydrogen-bond acceptors (Lipinski definition) is 4. The van der Waals surface area contributed by atoms with E-state index >= 15 is 0 Å². The van der Waals surface area contributed by atoms with Crippen LogP contribution in [-0.4, -0.2) is 9.17 Å². The van der Waals surface area contributed by atoms with E-state index in [2.05, 4.69) is 54.3 Å². The number of aromatic nitrogens is 2. The summed E-state index contributed by atoms with van der Waals surface area (Å²) < 4.78 is 37.0. The molecule has 7 heteroatoms. The Labute approximate surface area is 101 Å². The molecule has 0 spiro atoms. The van der Waals surface area contributed by atoms with Crippen LogP contribution in [0.3, 0.4) is 0 Å². The molecule has 0 atom stereocenters. The summed E-state index contributed by atoms with van der Waals surface area (Å²) >= 11 is 0. The monoisotopic (exact) mass is 261 g/mol. The van der Waals surface area contributed by atoms with E-state index in [1.807, 2.05) is 0 Å². The van der Waals surface area contributed by atoms with Crippen molar-refractivity contribution in [3.8, 4) is 0 Å². The fourth-order valence-corrected chi connectivity index (χ4v) is 1.70. The minimum Gasteiger partial charge on any atom is -0.183 e. The summed E-state index contributed by atoms with van der Waals surface area (Å²) in [5.74, 6) is 0. The molecular formula is C10H14ClN2O4+. The second-order valence-electron chi connectivity index (χ2n) is 3.70. The summed E-state index contributed by atoms with van der Waals surface area (Å²) in [5, 5.41) is 0. The molecule has 0 amide bonds. The summed E-state index contributed by atoms with van der Waals surface area (Å²) in [4.78, 5) is 0. The maximum Gasteiger partial charge on any atom is 0.203 e. The van der Waals surface area contributed by atoms with Crippen LogP contribution < -0.4 is 18.5 Å². The van der Waals surface area contributed by atoms with Crippen LogP contribution in [0.4, 0.5) is 0 Å². The first-order valence-corrected chi connectivity index (χ1v) is 6.05. The van der Waals surface area contributed by atoms with E-state index < -0.39 is 10.2 Å². The first kappa shape index (κ1) is 13.9. The quantitative estimate of drug-likeness (QED) is 0.523. The molecule has 0 aliphatic carbocycles. The molecule has 1 N–H and O–H groups in total. The molecule has 0 saturated heterocycles. The Hall–Kier alpha value is -1.18. The molecule has 0 bridgehead atoms. The number of fused-ring (bicyclic) bond motifs is 1. The number of halogens is 1. The second kappa shape index (κ2) is 4.99. The van der Waals surface area contributed by atoms with Crippen LogP contribution in [0.5, 0.6) is 0 Å². The first-order chi connectivity index (χ1) is 7.68. The number of nitrogens with zero attached hydrogens (tertiary/aromatic N) is 2. The highest BCUT2D eigenvalue weighted by atomic mass is 35.7. The number of hydrogen-bond donors (Lipinski definition) is 1. The van der Waals surface area contributed by atoms with Crippen molar-refractivity contribution in [2.75, 3.05) is 0 Å². The van der Waals surface area contributed by atoms with Gasteiger partial charge in [-0.2, -0.15) is 14.0 Å². The maximum absolute atomic E-state index is 8.60. The van der Waals surface area contributed by atoms with E-state index in [4.69, 9.17) is 18.6 Å². The smallest absolute Gasteiger partial charge is 0.183 e. The van der Waals surface area contributed by atoms with Gasteiger partial charge in [-0.15, -0.1) is 4.52 Å². The fourth-order valence-electron chi connectivity index (χ4n) is 1.70. The Balaban J connectivity index is 0.000000249. The molecule has 0 saturated carbocycles. The van der Waals surface area contributed by atoms with Gasteiger partial charge in [-0.25, -0.2) is 0 Å². The third-order valence-electron chi connectivity index (χ3n) is 2.14. The molecule has 17 heavy (non-hydrogen) atoms. The third kappa shape index (κ3) is 4.29. The van der Waals surface area contributed by atoms with E-state index in [9.17, 15) is 0 Å². The molecule has 2 aromatic rings. The van der Waals surface area contributed by atoms with Crippen LogP contribution in [0.25, 0.3) is 0 Å². The van der Waals surface area contributed by atoms with Crippen molar-refractivity contribution in [2.45, 2.75) is 20.8 Å². The SMILES string of the molecule is Cc1cc(C)n2c(C)cc[n+]2c1.[O-][Cl+3]([O-])([O-])O. The second-order valence-corrected chi connectivity index (χ2v) is 4.50. The van der Waals surface area contributed by atoms with Crippen LogP contribution in [0.15, 0.2) is 24.5 Å². The van der Waals surface area contributed by atoms with Gasteiger partial charge < -0.3 is 0 Å². The van der Waals surface area contributed by atoms with Gasteiger partial charge in [0.05, 0.1) is 26.3 Å². The molecule has 0 aliphatic heterocycles. The topological polar surface area (TPSA) is 97.9 Å². The van der Waals surface area contributed by atoms with E-state index in [1.54, 1.807) is 0 Å². The van der Waals surface area contributed by atoms with Gasteiger partial charge in [0.2, 0.25) is 12.4 Å². The lowest BCUT2D eigenvalue weighted by molar-refractivity contribution is -1.92. The van der Waals surface area contributed by atoms with Gasteiger partial charge in [0.1, 0.15) is 0 Å². The van der Waals surface area contributed by atoms with E-state index in [1.165, 1.54) is 17.0 Å². The Morgan fingerprint density at radius 1 is 1.18 bits per heavy atom. The third-order valence-corrected chi connectivity index (χ3v) is 2.14. The van der Waals surface area contributed by atoms with Crippen LogP contribution in [0.2, 0.25) is 0 Å². The summed E-state index contributed by atoms with van der Waals surface area (Å²) in [7, 11) is -4.69. The number of rotatable bonds is 0. The zero-order chi connectivity index (χ0) is 13.2. The van der Waals surface area contributed by atoms with Gasteiger partial charge in [-0.3, -0.25) is 0 Å². The summed E-state index contributed by atoms with van der Waals surface area (Å²) in [5.41, 5.74) is 3.84. The molecule has 2 rings (SSSR count). The molecule has 0 fully saturated rings. The fraction of sp³-hybridized carbons (Fsp3) is 0.300. The molecule has 0 aromatic carbocycles. The molecule has 2 aromatic heterocycles. The van der Waals surface area contributed by atoms with Crippen molar-refractivity contribution in [1.29, 1.82) is 0 Å². The molecule has 6 nitrogen and oxygen atoms in total. The zero-order valence-corrected chi connectivity index (χ0v) is 10.5. The highest BCUT2D eigenvalue weighted by Crippen LogP contribution is 2.01. The highest BCUT2D eigenvalue weighted by molar-refractivity contribution is 5.11. The minimum atomic E-state index is -4.69. The lowest BCUT2D eigenvalue weighted by Crippen LogP contribution is -2.58. The van der Waals surface area contributed by atoms with Gasteiger partial charge >= 0.3 is 0 Å². The van der Waals surface area contributed by atoms with Crippen molar-refractivity contribution >= 4 is 0 Å². The van der Waals surface area contributed by atoms with Gasteiger partial charge in [-0.05, 0) is 26.8 Å². The average molecular weight is 262 g/mol. The minimum absolute atomic E-state index is 1.27. The Kier molecular flexibility index (Phi) is 4.07. The highest BCUT2D eigenvalue weighted by Gasteiger charge is 2.07. The van der Waals surface area contributed by atoms with Crippen molar-refractivity contribution in [3.63, 3.8) is 0 Å². The predicted molar refractivity (Wildman–Crippen MR) is 49.5 cm³/mol. The molecule has 2 heterocycles. The Morgan fingerprint density at radius 2 is 1.71 bits per heavy atom. The summed E-state index contributed by atoms with van der Waals surface area (Å²) in [6, 6.07) is 4.30. The zero-order valence-electron chi connectivity index (χ0n) is 9.75. The van der Waals surface area contributed by atoms with E-state index in [0.717, 1.165) is 0 Å². The molecular weight excluding hydrogens is 248 g/mol. The predicted octanol–water partition coefficient (Wildman–Crippen LogP) is -2.67. The summed E-state index contributed by atoms with van der Waals surface area (Å²) in [6.07, 6.45) is 4.20. The average Bonchev–Trinajstić information content (AvgIpc) is 2.43. The van der Waals surface area contributed by atoms with Gasteiger partial charge in [0, 0.05) is 11.6 Å². The van der Waals surface area contributed by atoms with E-state index in [-0.39, 0.29) is 0 Å². The van der Waals surface area contributed by atoms with Gasteiger partial charge in [0.15, 0.2) is 0 Å². The lowest BCUT2D eigenvalue weighted by Gasteiger charge is -2.03. The van der Waals surface area contributed by atoms with Crippen molar-refractivity contribution in [2.24, 2.45) is 0 Å². The standard InChI is InChI=1S/C10H13N2.ClHO4/c1-8-6-10(3)12-9(2)4-5-11(12)7-8;2-1(3,4)5/h4-7H,1-3H3;(H,2,3,4,5)/q+1;. The van der Waals surface area contributed by atoms with Crippen molar-refractivity contribution < 1.29 is 33.4 Å². The Morgan fingerprint density at radius 3 is 2.24 bits per heavy atom. The van der Waals surface area contributed by atoms with E-state index in [0.29, 0.717) is 0 Å². The normalized spacial score (nSPS) is 11.2. The van der Waals surface area contributed by atoms with Crippen LogP contribution in [-0.2, 0) is 0 Å². The number of aryl methyl sites for hydroxylation is 3. The molecule has 0 aliphatic rings. The lowest BCUT2D eigenvalue weighted by atomic mass is 10.3. The largest absolute Gasteiger partial charge is 0.203 e. The molecule has 94 valence electrons. The summed E-state index contributed by atoms with van der Waals surface area (Å²) in [6.45, 7) is 6.35. The molecule has 0 unspecified atom stereocenters. The van der Waals surface area contributed by atoms with Crippen LogP contribution in [0.1, 0.15) is 17.0 Å². The van der Waals surface area contributed by atoms with Crippen molar-refractivity contribution in [3.05, 3.63) is 41.5 Å². The Bertz CT molecular complexity index is 513. The maximum atomic E-state index is 8.60. The van der Waals surface area contributed by atoms with Crippen LogP contribution >= 0.6 is 0 Å². The van der Waals surface area contributed by atoms with Crippen molar-refractivity contribution in [1.82, 2.24) is 4.52 Å². The van der Waals surface area contributed by atoms with Gasteiger partial charge in [-0.1, -0.05) is 4.52 Å². The van der Waals surface area contributed by atoms with Gasteiger partial charge in [0.25, 0.3) is 0 Å². The first-order valence-electron chi connectivity index (χ1n) is 4.78.